The van der Waals surface area contributed by atoms with Crippen LogP contribution in [0.15, 0.2) is 6.20 Å². The summed E-state index contributed by atoms with van der Waals surface area (Å²) in [4.78, 5) is 22.2. The Kier molecular flexibility index (Phi) is 3.46. The highest BCUT2D eigenvalue weighted by molar-refractivity contribution is 5.95. The maximum absolute atomic E-state index is 11.1. The van der Waals surface area contributed by atoms with Gasteiger partial charge in [0, 0.05) is 6.20 Å². The third kappa shape index (κ3) is 2.54. The van der Waals surface area contributed by atoms with E-state index >= 15 is 0 Å². The minimum absolute atomic E-state index is 0.0682. The van der Waals surface area contributed by atoms with E-state index in [9.17, 15) is 9.59 Å². The number of carbonyl (C=O) groups is 2. The maximum atomic E-state index is 11.1. The predicted molar refractivity (Wildman–Crippen MR) is 68.3 cm³/mol. The summed E-state index contributed by atoms with van der Waals surface area (Å²) in [6.07, 6.45) is 3.61. The average molecular weight is 266 g/mol. The molecule has 0 radical (unpaired) electrons. The molecule has 2 rings (SSSR count). The van der Waals surface area contributed by atoms with Crippen molar-refractivity contribution in [2.24, 2.45) is 17.6 Å². The lowest BCUT2D eigenvalue weighted by Crippen LogP contribution is -2.30. The number of primary amides is 1. The normalized spacial score (nSPS) is 27.1. The summed E-state index contributed by atoms with van der Waals surface area (Å²) in [5, 5.41) is 13.2. The molecule has 0 spiro atoms. The second-order valence-electron chi connectivity index (χ2n) is 5.17. The van der Waals surface area contributed by atoms with E-state index < -0.39 is 11.9 Å². The molecule has 1 aliphatic carbocycles. The van der Waals surface area contributed by atoms with Crippen LogP contribution >= 0.6 is 0 Å². The van der Waals surface area contributed by atoms with Gasteiger partial charge in [0.05, 0.1) is 17.6 Å². The lowest BCUT2D eigenvalue weighted by atomic mass is 9.78. The van der Waals surface area contributed by atoms with Crippen molar-refractivity contribution in [2.45, 2.75) is 32.2 Å². The van der Waals surface area contributed by atoms with Crippen LogP contribution in [0.5, 0.6) is 0 Å². The number of aromatic nitrogens is 2. The smallest absolute Gasteiger partial charge is 0.306 e. The largest absolute Gasteiger partial charge is 0.481 e. The minimum Gasteiger partial charge on any atom is -0.481 e. The molecule has 0 aliphatic heterocycles. The van der Waals surface area contributed by atoms with Crippen molar-refractivity contribution in [3.05, 3.63) is 11.9 Å². The molecular formula is C12H18N4O3. The van der Waals surface area contributed by atoms with Crippen LogP contribution in [-0.4, -0.2) is 26.8 Å². The molecular weight excluding hydrogens is 248 g/mol. The molecule has 1 amide bonds. The van der Waals surface area contributed by atoms with E-state index in [4.69, 9.17) is 16.6 Å². The summed E-state index contributed by atoms with van der Waals surface area (Å²) in [5.41, 5.74) is 11.2. The van der Waals surface area contributed by atoms with Crippen LogP contribution in [0.2, 0.25) is 0 Å². The second kappa shape index (κ2) is 4.91. The molecule has 19 heavy (non-hydrogen) atoms. The highest BCUT2D eigenvalue weighted by atomic mass is 16.4. The Morgan fingerprint density at radius 3 is 2.63 bits per heavy atom. The number of nitrogens with two attached hydrogens (primary N) is 2. The zero-order valence-electron chi connectivity index (χ0n) is 10.7. The summed E-state index contributed by atoms with van der Waals surface area (Å²) < 4.78 is 1.64. The molecule has 0 aromatic carbocycles. The van der Waals surface area contributed by atoms with Gasteiger partial charge in [-0.1, -0.05) is 6.92 Å². The number of nitrogens with zero attached hydrogens (tertiary/aromatic N) is 2. The van der Waals surface area contributed by atoms with Gasteiger partial charge >= 0.3 is 5.97 Å². The molecule has 5 N–H and O–H groups in total. The van der Waals surface area contributed by atoms with Gasteiger partial charge in [-0.3, -0.25) is 14.3 Å². The third-order valence-corrected chi connectivity index (χ3v) is 3.83. The van der Waals surface area contributed by atoms with E-state index in [1.165, 1.54) is 0 Å². The molecule has 104 valence electrons. The Labute approximate surface area is 110 Å². The van der Waals surface area contributed by atoms with Crippen molar-refractivity contribution in [3.8, 4) is 0 Å². The van der Waals surface area contributed by atoms with Gasteiger partial charge in [-0.15, -0.1) is 0 Å². The molecule has 1 heterocycles. The van der Waals surface area contributed by atoms with Crippen LogP contribution < -0.4 is 11.5 Å². The zero-order chi connectivity index (χ0) is 14.2. The van der Waals surface area contributed by atoms with Gasteiger partial charge in [0.1, 0.15) is 0 Å². The van der Waals surface area contributed by atoms with Crippen molar-refractivity contribution < 1.29 is 14.7 Å². The number of carbonyl (C=O) groups excluding carboxylic acids is 1. The van der Waals surface area contributed by atoms with E-state index in [0.717, 1.165) is 0 Å². The summed E-state index contributed by atoms with van der Waals surface area (Å²) in [5.74, 6) is -1.63. The Morgan fingerprint density at radius 2 is 2.16 bits per heavy atom. The lowest BCUT2D eigenvalue weighted by molar-refractivity contribution is -0.145. The maximum Gasteiger partial charge on any atom is 0.306 e. The Balaban J connectivity index is 2.14. The fourth-order valence-electron chi connectivity index (χ4n) is 2.76. The minimum atomic E-state index is -0.747. The Bertz CT molecular complexity index is 511. The fraction of sp³-hybridized carbons (Fsp3) is 0.583. The number of amides is 1. The molecule has 3 unspecified atom stereocenters. The number of hydrogen-bond acceptors (Lipinski definition) is 4. The van der Waals surface area contributed by atoms with Crippen LogP contribution in [0.1, 0.15) is 42.7 Å². The van der Waals surface area contributed by atoms with E-state index in [0.29, 0.717) is 19.3 Å². The van der Waals surface area contributed by atoms with Gasteiger partial charge in [-0.2, -0.15) is 5.10 Å². The topological polar surface area (TPSA) is 124 Å². The van der Waals surface area contributed by atoms with Crippen LogP contribution in [0.25, 0.3) is 0 Å². The quantitative estimate of drug-likeness (QED) is 0.740. The lowest BCUT2D eigenvalue weighted by Gasteiger charge is -2.31. The van der Waals surface area contributed by atoms with E-state index in [1.807, 2.05) is 6.92 Å². The Morgan fingerprint density at radius 1 is 1.47 bits per heavy atom. The number of nitrogen functional groups attached to an aromatic ring is 1. The first-order chi connectivity index (χ1) is 8.90. The summed E-state index contributed by atoms with van der Waals surface area (Å²) in [6, 6.07) is 0.0704. The first kappa shape index (κ1) is 13.4. The zero-order valence-corrected chi connectivity index (χ0v) is 10.7. The van der Waals surface area contributed by atoms with Crippen LogP contribution in [0.3, 0.4) is 0 Å². The highest BCUT2D eigenvalue weighted by Crippen LogP contribution is 2.36. The first-order valence-electron chi connectivity index (χ1n) is 6.27. The van der Waals surface area contributed by atoms with Gasteiger partial charge in [0.25, 0.3) is 5.91 Å². The SMILES string of the molecule is CC1CC(n2cc(N)c(C(N)=O)n2)CCC1C(=O)O. The monoisotopic (exact) mass is 266 g/mol. The third-order valence-electron chi connectivity index (χ3n) is 3.83. The molecule has 1 fully saturated rings. The molecule has 1 aromatic rings. The van der Waals surface area contributed by atoms with Crippen LogP contribution in [-0.2, 0) is 4.79 Å². The molecule has 1 aromatic heterocycles. The molecule has 0 bridgehead atoms. The van der Waals surface area contributed by atoms with Crippen molar-refractivity contribution in [1.29, 1.82) is 0 Å². The molecule has 0 saturated heterocycles. The fourth-order valence-corrected chi connectivity index (χ4v) is 2.76. The number of hydrogen-bond donors (Lipinski definition) is 3. The van der Waals surface area contributed by atoms with E-state index in [-0.39, 0.29) is 29.3 Å². The standard InChI is InChI=1S/C12H18N4O3/c1-6-4-7(2-3-8(6)12(18)19)16-5-9(13)10(15-16)11(14)17/h5-8H,2-4,13H2,1H3,(H2,14,17)(H,18,19). The van der Waals surface area contributed by atoms with Gasteiger partial charge in [0.2, 0.25) is 0 Å². The van der Waals surface area contributed by atoms with Gasteiger partial charge < -0.3 is 16.6 Å². The first-order valence-corrected chi connectivity index (χ1v) is 6.27. The number of aliphatic carboxylic acids is 1. The van der Waals surface area contributed by atoms with E-state index in [1.54, 1.807) is 10.9 Å². The molecule has 3 atom stereocenters. The van der Waals surface area contributed by atoms with Crippen molar-refractivity contribution in [2.75, 3.05) is 5.73 Å². The van der Waals surface area contributed by atoms with Crippen LogP contribution in [0, 0.1) is 11.8 Å². The predicted octanol–water partition coefficient (Wildman–Crippen LogP) is 0.626. The van der Waals surface area contributed by atoms with Gasteiger partial charge in [-0.05, 0) is 25.2 Å². The summed E-state index contributed by atoms with van der Waals surface area (Å²) in [7, 11) is 0. The highest BCUT2D eigenvalue weighted by Gasteiger charge is 2.33. The Hall–Kier alpha value is -2.05. The number of anilines is 1. The van der Waals surface area contributed by atoms with E-state index in [2.05, 4.69) is 5.10 Å². The van der Waals surface area contributed by atoms with Crippen LogP contribution in [0.4, 0.5) is 5.69 Å². The summed E-state index contributed by atoms with van der Waals surface area (Å²) in [6.45, 7) is 1.92. The number of carboxylic acid groups (broad SMARTS) is 1. The summed E-state index contributed by atoms with van der Waals surface area (Å²) >= 11 is 0. The van der Waals surface area contributed by atoms with Gasteiger partial charge in [0.15, 0.2) is 5.69 Å². The number of rotatable bonds is 3. The molecule has 1 saturated carbocycles. The van der Waals surface area contributed by atoms with Crippen molar-refractivity contribution in [1.82, 2.24) is 9.78 Å². The number of carboxylic acids is 1. The molecule has 7 nitrogen and oxygen atoms in total. The van der Waals surface area contributed by atoms with Crippen molar-refractivity contribution >= 4 is 17.6 Å². The average Bonchev–Trinajstić information content (AvgIpc) is 2.70. The second-order valence-corrected chi connectivity index (χ2v) is 5.17. The molecule has 1 aliphatic rings. The van der Waals surface area contributed by atoms with Gasteiger partial charge in [-0.25, -0.2) is 0 Å². The molecule has 7 heteroatoms. The van der Waals surface area contributed by atoms with Crippen molar-refractivity contribution in [3.63, 3.8) is 0 Å².